The minimum atomic E-state index is -1.67. The maximum absolute atomic E-state index is 13.4. The van der Waals surface area contributed by atoms with Gasteiger partial charge in [0.25, 0.3) is 0 Å². The van der Waals surface area contributed by atoms with E-state index in [0.29, 0.717) is 0 Å². The highest BCUT2D eigenvalue weighted by atomic mass is 16.4. The molecule has 0 bridgehead atoms. The molecule has 0 aliphatic carbocycles. The van der Waals surface area contributed by atoms with E-state index < -0.39 is 108 Å². The van der Waals surface area contributed by atoms with Crippen LogP contribution in [0.4, 0.5) is 0 Å². The predicted molar refractivity (Wildman–Crippen MR) is 185 cm³/mol. The number of aliphatic carboxylic acids is 1. The van der Waals surface area contributed by atoms with E-state index in [-0.39, 0.29) is 38.2 Å². The Morgan fingerprint density at radius 1 is 0.596 bits per heavy atom. The number of aliphatic hydroxyl groups excluding tert-OH is 2. The summed E-state index contributed by atoms with van der Waals surface area (Å²) in [6, 6.07) is -9.78. The number of carboxylic acids is 1. The van der Waals surface area contributed by atoms with Gasteiger partial charge in [-0.3, -0.25) is 38.6 Å². The summed E-state index contributed by atoms with van der Waals surface area (Å²) in [5.74, 6) is -8.64. The van der Waals surface area contributed by atoms with Crippen molar-refractivity contribution in [3.63, 3.8) is 0 Å². The zero-order valence-electron chi connectivity index (χ0n) is 30.2. The molecule has 0 fully saturated rings. The van der Waals surface area contributed by atoms with E-state index in [4.69, 9.17) is 22.9 Å². The van der Waals surface area contributed by atoms with Gasteiger partial charge in [0.05, 0.1) is 18.2 Å². The van der Waals surface area contributed by atoms with Gasteiger partial charge in [0, 0.05) is 13.0 Å². The molecule has 0 spiro atoms. The number of nitrogens with one attached hydrogen (secondary N) is 6. The average Bonchev–Trinajstić information content (AvgIpc) is 3.02. The maximum atomic E-state index is 13.4. The van der Waals surface area contributed by atoms with Gasteiger partial charge in [0.2, 0.25) is 41.4 Å². The van der Waals surface area contributed by atoms with Crippen LogP contribution in [0.25, 0.3) is 0 Å². The second-order valence-electron chi connectivity index (χ2n) is 12.6. The third-order valence-electron chi connectivity index (χ3n) is 7.41. The van der Waals surface area contributed by atoms with Crippen molar-refractivity contribution < 1.29 is 53.7 Å². The zero-order chi connectivity index (χ0) is 40.5. The molecule has 17 N–H and O–H groups in total. The van der Waals surface area contributed by atoms with E-state index in [2.05, 4.69) is 36.9 Å². The lowest BCUT2D eigenvalue weighted by atomic mass is 10.0. The summed E-state index contributed by atoms with van der Waals surface area (Å²) in [7, 11) is 0. The van der Waals surface area contributed by atoms with Crippen molar-refractivity contribution in [3.05, 3.63) is 0 Å². The van der Waals surface area contributed by atoms with E-state index >= 15 is 0 Å². The fourth-order valence-electron chi connectivity index (χ4n) is 4.37. The van der Waals surface area contributed by atoms with Crippen molar-refractivity contribution >= 4 is 53.3 Å². The van der Waals surface area contributed by atoms with Crippen molar-refractivity contribution in [2.75, 3.05) is 6.54 Å². The van der Waals surface area contributed by atoms with Crippen LogP contribution in [-0.4, -0.2) is 130 Å². The fraction of sp³-hybridized carbons (Fsp3) is 0.700. The predicted octanol–water partition coefficient (Wildman–Crippen LogP) is -5.92. The van der Waals surface area contributed by atoms with Crippen LogP contribution in [0, 0.1) is 5.92 Å². The van der Waals surface area contributed by atoms with Crippen LogP contribution in [0.1, 0.15) is 67.2 Å². The number of carbonyl (C=O) groups is 8. The molecule has 0 aliphatic rings. The van der Waals surface area contributed by atoms with Crippen LogP contribution in [0.5, 0.6) is 0 Å². The van der Waals surface area contributed by atoms with Gasteiger partial charge in [0.15, 0.2) is 5.96 Å². The van der Waals surface area contributed by atoms with E-state index in [9.17, 15) is 53.7 Å². The highest BCUT2D eigenvalue weighted by molar-refractivity contribution is 5.97. The number of hydrogen-bond acceptors (Lipinski definition) is 12. The highest BCUT2D eigenvalue weighted by Crippen LogP contribution is 2.08. The summed E-state index contributed by atoms with van der Waals surface area (Å²) in [5.41, 5.74) is 21.2. The Bertz CT molecular complexity index is 1300. The van der Waals surface area contributed by atoms with Gasteiger partial charge < -0.3 is 70.2 Å². The first-order chi connectivity index (χ1) is 24.0. The summed E-state index contributed by atoms with van der Waals surface area (Å²) in [6.45, 7) is 8.15. The van der Waals surface area contributed by atoms with Crippen LogP contribution in [0.3, 0.4) is 0 Å². The summed E-state index contributed by atoms with van der Waals surface area (Å²) >= 11 is 0. The Labute approximate surface area is 301 Å². The van der Waals surface area contributed by atoms with Gasteiger partial charge in [0.1, 0.15) is 36.3 Å². The maximum Gasteiger partial charge on any atom is 0.326 e. The number of carboxylic acid groups (broad SMARTS) is 1. The van der Waals surface area contributed by atoms with Crippen LogP contribution < -0.4 is 54.8 Å². The SMILES string of the molecule is CC(N)C(=O)NC(C(=O)NC(C)C(=O)NC(C(=O)NC(C(=O)NC(CCC(N)=O)C(=O)NC(CCCN=C(N)N)C(=O)O)C(C)C)C(C)O)C(C)O. The van der Waals surface area contributed by atoms with Gasteiger partial charge in [-0.25, -0.2) is 4.79 Å². The molecule has 0 saturated heterocycles. The van der Waals surface area contributed by atoms with E-state index in [1.54, 1.807) is 0 Å². The lowest BCUT2D eigenvalue weighted by Gasteiger charge is -2.29. The molecule has 9 atom stereocenters. The van der Waals surface area contributed by atoms with Gasteiger partial charge >= 0.3 is 5.97 Å². The summed E-state index contributed by atoms with van der Waals surface area (Å²) in [6.07, 6.45) is -3.52. The minimum absolute atomic E-state index is 0.0821. The molecule has 0 aliphatic heterocycles. The number of amides is 7. The molecular formula is C30H55N11O11. The second kappa shape index (κ2) is 22.7. The van der Waals surface area contributed by atoms with Crippen LogP contribution in [0.15, 0.2) is 4.99 Å². The molecule has 0 saturated carbocycles. The average molecular weight is 746 g/mol. The fourth-order valence-corrected chi connectivity index (χ4v) is 4.37. The molecule has 22 heteroatoms. The second-order valence-corrected chi connectivity index (χ2v) is 12.6. The number of nitrogens with two attached hydrogens (primary N) is 4. The van der Waals surface area contributed by atoms with Crippen LogP contribution in [0.2, 0.25) is 0 Å². The largest absolute Gasteiger partial charge is 0.480 e. The molecular weight excluding hydrogens is 690 g/mol. The third kappa shape index (κ3) is 17.2. The monoisotopic (exact) mass is 745 g/mol. The first-order valence-corrected chi connectivity index (χ1v) is 16.5. The Morgan fingerprint density at radius 3 is 1.50 bits per heavy atom. The molecule has 9 unspecified atom stereocenters. The quantitative estimate of drug-likeness (QED) is 0.0263. The van der Waals surface area contributed by atoms with Gasteiger partial charge in [-0.15, -0.1) is 0 Å². The number of guanidine groups is 1. The Balaban J connectivity index is 5.87. The Kier molecular flexibility index (Phi) is 20.5. The lowest BCUT2D eigenvalue weighted by molar-refractivity contribution is -0.142. The first-order valence-electron chi connectivity index (χ1n) is 16.5. The van der Waals surface area contributed by atoms with E-state index in [1.165, 1.54) is 41.5 Å². The number of hydrogen-bond donors (Lipinski definition) is 13. The van der Waals surface area contributed by atoms with Crippen LogP contribution >= 0.6 is 0 Å². The molecule has 0 aromatic carbocycles. The number of rotatable bonds is 23. The molecule has 0 radical (unpaired) electrons. The number of aliphatic imine (C=N–C) groups is 1. The molecule has 296 valence electrons. The number of nitrogens with zero attached hydrogens (tertiary/aromatic N) is 1. The van der Waals surface area contributed by atoms with Gasteiger partial charge in [-0.2, -0.15) is 0 Å². The van der Waals surface area contributed by atoms with Crippen molar-refractivity contribution in [2.24, 2.45) is 33.8 Å². The van der Waals surface area contributed by atoms with Crippen LogP contribution in [-0.2, 0) is 38.4 Å². The van der Waals surface area contributed by atoms with E-state index in [0.717, 1.165) is 0 Å². The minimum Gasteiger partial charge on any atom is -0.480 e. The molecule has 0 heterocycles. The lowest BCUT2D eigenvalue weighted by Crippen LogP contribution is -2.62. The standard InChI is InChI=1S/C30H55N11O11/c1-12(2)20(26(48)37-17(9-10-19(32)44)25(47)38-18(29(51)52)8-7-11-35-30(33)34)39-28(50)22(16(6)43)41-24(46)14(4)36-27(49)21(15(5)42)40-23(45)13(3)31/h12-18,20-22,42-43H,7-11,31H2,1-6H3,(H2,32,44)(H,36,49)(H,37,48)(H,38,47)(H,39,50)(H,40,45)(H,41,46)(H,51,52)(H4,33,34,35). The molecule has 7 amide bonds. The normalized spacial score (nSPS) is 16.2. The van der Waals surface area contributed by atoms with Gasteiger partial charge in [-0.1, -0.05) is 13.8 Å². The molecule has 0 rings (SSSR count). The van der Waals surface area contributed by atoms with Crippen molar-refractivity contribution in [3.8, 4) is 0 Å². The van der Waals surface area contributed by atoms with Crippen molar-refractivity contribution in [1.82, 2.24) is 31.9 Å². The third-order valence-corrected chi connectivity index (χ3v) is 7.41. The summed E-state index contributed by atoms with van der Waals surface area (Å²) in [4.78, 5) is 105. The Morgan fingerprint density at radius 2 is 1.06 bits per heavy atom. The summed E-state index contributed by atoms with van der Waals surface area (Å²) < 4.78 is 0. The highest BCUT2D eigenvalue weighted by Gasteiger charge is 2.35. The number of primary amides is 1. The number of carbonyl (C=O) groups excluding carboxylic acids is 7. The van der Waals surface area contributed by atoms with E-state index in [1.807, 2.05) is 0 Å². The first kappa shape index (κ1) is 46.9. The topological polar surface area (TPSA) is 386 Å². The molecule has 22 nitrogen and oxygen atoms in total. The van der Waals surface area contributed by atoms with Gasteiger partial charge in [-0.05, 0) is 52.9 Å². The molecule has 52 heavy (non-hydrogen) atoms. The zero-order valence-corrected chi connectivity index (χ0v) is 30.2. The number of aliphatic hydroxyl groups is 2. The summed E-state index contributed by atoms with van der Waals surface area (Å²) in [5, 5.41) is 43.8. The molecule has 0 aromatic rings. The molecule has 0 aromatic heterocycles. The van der Waals surface area contributed by atoms with Crippen molar-refractivity contribution in [1.29, 1.82) is 0 Å². The Hall–Kier alpha value is -5.09. The van der Waals surface area contributed by atoms with Crippen molar-refractivity contribution in [2.45, 2.75) is 122 Å². The smallest absolute Gasteiger partial charge is 0.326 e.